The maximum absolute atomic E-state index is 10.8. The Morgan fingerprint density at radius 2 is 1.91 bits per heavy atom. The largest absolute Gasteiger partial charge is 0.467 e. The van der Waals surface area contributed by atoms with Crippen LogP contribution in [-0.2, 0) is 19.1 Å². The predicted molar refractivity (Wildman–Crippen MR) is 36.9 cm³/mol. The van der Waals surface area contributed by atoms with E-state index in [-0.39, 0.29) is 0 Å². The molecule has 0 heterocycles. The van der Waals surface area contributed by atoms with E-state index in [2.05, 4.69) is 14.8 Å². The Bertz CT molecular complexity index is 141. The van der Waals surface area contributed by atoms with Crippen molar-refractivity contribution in [2.45, 2.75) is 6.10 Å². The van der Waals surface area contributed by atoms with Crippen molar-refractivity contribution in [1.29, 1.82) is 0 Å². The van der Waals surface area contributed by atoms with Crippen LogP contribution < -0.4 is 5.32 Å². The zero-order valence-corrected chi connectivity index (χ0v) is 6.71. The molecule has 0 bridgehead atoms. The molecule has 0 saturated carbocycles. The fraction of sp³-hybridized carbons (Fsp3) is 0.667. The van der Waals surface area contributed by atoms with Crippen LogP contribution in [0.2, 0.25) is 0 Å². The molecule has 0 aliphatic carbocycles. The molecule has 5 nitrogen and oxygen atoms in total. The number of carbonyl (C=O) groups excluding carboxylic acids is 2. The molecule has 0 aliphatic heterocycles. The molecule has 0 aromatic rings. The molecule has 0 fully saturated rings. The topological polar surface area (TPSA) is 64.6 Å². The lowest BCUT2D eigenvalue weighted by molar-refractivity contribution is -0.157. The molecule has 0 aromatic carbocycles. The maximum atomic E-state index is 10.8. The summed E-state index contributed by atoms with van der Waals surface area (Å²) in [5.41, 5.74) is 0. The smallest absolute Gasteiger partial charge is 0.344 e. The molecule has 5 heteroatoms. The van der Waals surface area contributed by atoms with Crippen molar-refractivity contribution < 1.29 is 19.1 Å². The molecule has 0 saturated heterocycles. The van der Waals surface area contributed by atoms with Crippen LogP contribution in [0.25, 0.3) is 0 Å². The van der Waals surface area contributed by atoms with Gasteiger partial charge < -0.3 is 14.8 Å². The van der Waals surface area contributed by atoms with Crippen LogP contribution >= 0.6 is 0 Å². The second-order valence-corrected chi connectivity index (χ2v) is 1.75. The third-order valence-electron chi connectivity index (χ3n) is 1.14. The summed E-state index contributed by atoms with van der Waals surface area (Å²) in [5.74, 6) is -1.22. The van der Waals surface area contributed by atoms with Crippen molar-refractivity contribution >= 4 is 11.9 Å². The predicted octanol–water partition coefficient (Wildman–Crippen LogP) is -1.08. The first-order chi connectivity index (χ1) is 5.17. The van der Waals surface area contributed by atoms with Gasteiger partial charge in [0.25, 0.3) is 5.91 Å². The number of carbonyl (C=O) groups is 2. The molecule has 1 atom stereocenters. The average Bonchev–Trinajstić information content (AvgIpc) is 2.05. The number of amides is 1. The maximum Gasteiger partial charge on any atom is 0.344 e. The molecule has 1 N–H and O–H groups in total. The lowest BCUT2D eigenvalue weighted by Crippen LogP contribution is -2.40. The van der Waals surface area contributed by atoms with E-state index in [1.807, 2.05) is 0 Å². The van der Waals surface area contributed by atoms with Crippen LogP contribution in [0.4, 0.5) is 0 Å². The first kappa shape index (κ1) is 9.90. The van der Waals surface area contributed by atoms with Crippen LogP contribution in [0.5, 0.6) is 0 Å². The molecule has 0 rings (SSSR count). The molecule has 1 amide bonds. The third-order valence-corrected chi connectivity index (χ3v) is 1.14. The molecule has 0 aromatic heterocycles. The minimum Gasteiger partial charge on any atom is -0.467 e. The Balaban J connectivity index is 4.15. The summed E-state index contributed by atoms with van der Waals surface area (Å²) in [6.07, 6.45) is -1.16. The fourth-order valence-electron chi connectivity index (χ4n) is 0.548. The van der Waals surface area contributed by atoms with Crippen LogP contribution in [-0.4, -0.2) is 39.2 Å². The van der Waals surface area contributed by atoms with E-state index in [0.717, 1.165) is 0 Å². The van der Waals surface area contributed by atoms with E-state index in [9.17, 15) is 9.59 Å². The summed E-state index contributed by atoms with van der Waals surface area (Å²) in [4.78, 5) is 21.5. The minimum atomic E-state index is -1.16. The number of likely N-dealkylation sites (N-methyl/N-ethyl adjacent to an activating group) is 1. The highest BCUT2D eigenvalue weighted by molar-refractivity contribution is 6.00. The molecule has 0 radical (unpaired) electrons. The number of nitrogens with one attached hydrogen (secondary N) is 1. The lowest BCUT2D eigenvalue weighted by Gasteiger charge is -2.09. The summed E-state index contributed by atoms with van der Waals surface area (Å²) in [7, 11) is 3.87. The van der Waals surface area contributed by atoms with Crippen molar-refractivity contribution in [3.05, 3.63) is 0 Å². The van der Waals surface area contributed by atoms with Gasteiger partial charge in [-0.25, -0.2) is 4.79 Å². The van der Waals surface area contributed by atoms with Gasteiger partial charge in [0.1, 0.15) is 0 Å². The number of rotatable bonds is 3. The molecule has 1 unspecified atom stereocenters. The highest BCUT2D eigenvalue weighted by atomic mass is 16.6. The third kappa shape index (κ3) is 2.55. The second kappa shape index (κ2) is 4.68. The zero-order valence-electron chi connectivity index (χ0n) is 6.71. The van der Waals surface area contributed by atoms with Crippen LogP contribution in [0.15, 0.2) is 0 Å². The Hall–Kier alpha value is -1.10. The molecule has 0 aliphatic rings. The van der Waals surface area contributed by atoms with E-state index in [1.54, 1.807) is 0 Å². The Kier molecular flexibility index (Phi) is 4.21. The van der Waals surface area contributed by atoms with Gasteiger partial charge in [-0.15, -0.1) is 0 Å². The van der Waals surface area contributed by atoms with E-state index in [4.69, 9.17) is 0 Å². The van der Waals surface area contributed by atoms with E-state index >= 15 is 0 Å². The first-order valence-electron chi connectivity index (χ1n) is 2.99. The summed E-state index contributed by atoms with van der Waals surface area (Å²) in [5, 5.41) is 2.27. The summed E-state index contributed by atoms with van der Waals surface area (Å²) in [6.45, 7) is 0. The van der Waals surface area contributed by atoms with Crippen molar-refractivity contribution in [3.63, 3.8) is 0 Å². The molecule has 0 spiro atoms. The Labute approximate surface area is 64.7 Å². The van der Waals surface area contributed by atoms with Gasteiger partial charge in [0.2, 0.25) is 6.10 Å². The second-order valence-electron chi connectivity index (χ2n) is 1.75. The zero-order chi connectivity index (χ0) is 8.85. The van der Waals surface area contributed by atoms with Gasteiger partial charge in [0.05, 0.1) is 7.11 Å². The fourth-order valence-corrected chi connectivity index (χ4v) is 0.548. The molecular formula is C6H11NO4. The van der Waals surface area contributed by atoms with Crippen LogP contribution in [0.1, 0.15) is 0 Å². The van der Waals surface area contributed by atoms with E-state index in [1.165, 1.54) is 21.3 Å². The van der Waals surface area contributed by atoms with Crippen molar-refractivity contribution in [3.8, 4) is 0 Å². The van der Waals surface area contributed by atoms with Gasteiger partial charge in [-0.2, -0.15) is 0 Å². The molecule has 11 heavy (non-hydrogen) atoms. The average molecular weight is 161 g/mol. The first-order valence-corrected chi connectivity index (χ1v) is 2.99. The lowest BCUT2D eigenvalue weighted by atomic mass is 10.3. The number of hydrogen-bond donors (Lipinski definition) is 1. The number of ether oxygens (including phenoxy) is 2. The number of esters is 1. The van der Waals surface area contributed by atoms with Crippen molar-refractivity contribution in [1.82, 2.24) is 5.32 Å². The van der Waals surface area contributed by atoms with Gasteiger partial charge >= 0.3 is 5.97 Å². The SMILES string of the molecule is CNC(=O)C(OC)C(=O)OC. The Morgan fingerprint density at radius 3 is 2.18 bits per heavy atom. The van der Waals surface area contributed by atoms with Crippen LogP contribution in [0, 0.1) is 0 Å². The normalized spacial score (nSPS) is 11.9. The quantitative estimate of drug-likeness (QED) is 0.422. The minimum absolute atomic E-state index is 0.514. The Morgan fingerprint density at radius 1 is 1.36 bits per heavy atom. The number of methoxy groups -OCH3 is 2. The van der Waals surface area contributed by atoms with E-state index in [0.29, 0.717) is 0 Å². The van der Waals surface area contributed by atoms with Gasteiger partial charge in [-0.3, -0.25) is 4.79 Å². The standard InChI is InChI=1S/C6H11NO4/c1-7-5(8)4(10-2)6(9)11-3/h4H,1-3H3,(H,7,8). The van der Waals surface area contributed by atoms with Crippen molar-refractivity contribution in [2.24, 2.45) is 0 Å². The molecule has 64 valence electrons. The van der Waals surface area contributed by atoms with Gasteiger partial charge in [-0.1, -0.05) is 0 Å². The van der Waals surface area contributed by atoms with Gasteiger partial charge in [-0.05, 0) is 0 Å². The van der Waals surface area contributed by atoms with Crippen molar-refractivity contribution in [2.75, 3.05) is 21.3 Å². The monoisotopic (exact) mass is 161 g/mol. The summed E-state index contributed by atoms with van der Waals surface area (Å²) >= 11 is 0. The molecular weight excluding hydrogens is 150 g/mol. The summed E-state index contributed by atoms with van der Waals surface area (Å²) in [6, 6.07) is 0. The highest BCUT2D eigenvalue weighted by Crippen LogP contribution is 1.92. The van der Waals surface area contributed by atoms with Crippen LogP contribution in [0.3, 0.4) is 0 Å². The summed E-state index contributed by atoms with van der Waals surface area (Å²) < 4.78 is 8.87. The number of hydrogen-bond acceptors (Lipinski definition) is 4. The highest BCUT2D eigenvalue weighted by Gasteiger charge is 2.25. The van der Waals surface area contributed by atoms with Gasteiger partial charge in [0, 0.05) is 14.2 Å². The van der Waals surface area contributed by atoms with E-state index < -0.39 is 18.0 Å². The van der Waals surface area contributed by atoms with Gasteiger partial charge in [0.15, 0.2) is 0 Å².